The van der Waals surface area contributed by atoms with Crippen molar-refractivity contribution in [3.63, 3.8) is 0 Å². The molecule has 126 valence electrons. The first-order chi connectivity index (χ1) is 11.6. The molecule has 0 saturated carbocycles. The summed E-state index contributed by atoms with van der Waals surface area (Å²) in [5.74, 6) is 2.30. The van der Waals surface area contributed by atoms with Gasteiger partial charge in [0.05, 0.1) is 18.6 Å². The molecule has 0 spiro atoms. The summed E-state index contributed by atoms with van der Waals surface area (Å²) in [7, 11) is 0. The highest BCUT2D eigenvalue weighted by molar-refractivity contribution is 5.75. The van der Waals surface area contributed by atoms with Crippen molar-refractivity contribution >= 4 is 11.0 Å². The van der Waals surface area contributed by atoms with E-state index >= 15 is 0 Å². The van der Waals surface area contributed by atoms with Crippen LogP contribution in [0.5, 0.6) is 0 Å². The molecule has 7 heteroatoms. The maximum absolute atomic E-state index is 13.8. The number of aryl methyl sites for hydroxylation is 2. The van der Waals surface area contributed by atoms with Gasteiger partial charge in [-0.2, -0.15) is 5.10 Å². The van der Waals surface area contributed by atoms with Crippen LogP contribution in [0.2, 0.25) is 0 Å². The molecule has 1 N–H and O–H groups in total. The number of aromatic amines is 1. The summed E-state index contributed by atoms with van der Waals surface area (Å²) in [6.45, 7) is 6.46. The molecule has 0 amide bonds. The van der Waals surface area contributed by atoms with Crippen LogP contribution in [0.25, 0.3) is 11.0 Å². The molecule has 1 unspecified atom stereocenters. The molecule has 1 fully saturated rings. The second-order valence-electron chi connectivity index (χ2n) is 6.47. The number of benzene rings is 1. The normalized spacial score (nSPS) is 18.7. The number of rotatable bonds is 4. The number of halogens is 1. The predicted octanol–water partition coefficient (Wildman–Crippen LogP) is 2.57. The van der Waals surface area contributed by atoms with Gasteiger partial charge in [0.25, 0.3) is 0 Å². The molecule has 4 rings (SSSR count). The van der Waals surface area contributed by atoms with Crippen molar-refractivity contribution in [1.29, 1.82) is 0 Å². The van der Waals surface area contributed by atoms with Gasteiger partial charge < -0.3 is 4.98 Å². The Morgan fingerprint density at radius 1 is 1.29 bits per heavy atom. The number of hydrogen-bond acceptors (Lipinski definition) is 4. The van der Waals surface area contributed by atoms with Gasteiger partial charge in [0.2, 0.25) is 0 Å². The molecule has 0 bridgehead atoms. The molecule has 2 aromatic heterocycles. The fourth-order valence-electron chi connectivity index (χ4n) is 3.56. The average molecular weight is 328 g/mol. The third-order valence-electron chi connectivity index (χ3n) is 4.71. The van der Waals surface area contributed by atoms with Gasteiger partial charge in [-0.05, 0) is 45.4 Å². The van der Waals surface area contributed by atoms with E-state index in [0.717, 1.165) is 48.9 Å². The van der Waals surface area contributed by atoms with Crippen LogP contribution in [0, 0.1) is 19.7 Å². The van der Waals surface area contributed by atoms with Crippen LogP contribution in [0.1, 0.15) is 30.3 Å². The van der Waals surface area contributed by atoms with Crippen molar-refractivity contribution in [3.8, 4) is 0 Å². The van der Waals surface area contributed by atoms with E-state index in [-0.39, 0.29) is 5.82 Å². The second kappa shape index (κ2) is 5.98. The molecule has 3 aromatic rings. The molecular weight excluding hydrogens is 307 g/mol. The van der Waals surface area contributed by atoms with Crippen LogP contribution in [0.4, 0.5) is 4.39 Å². The number of aromatic nitrogens is 5. The van der Waals surface area contributed by atoms with E-state index in [1.54, 1.807) is 6.07 Å². The molecule has 0 aliphatic carbocycles. The second-order valence-corrected chi connectivity index (χ2v) is 6.47. The average Bonchev–Trinajstić information content (AvgIpc) is 3.21. The topological polar surface area (TPSA) is 62.6 Å². The number of hydrogen-bond donors (Lipinski definition) is 1. The van der Waals surface area contributed by atoms with E-state index in [1.807, 2.05) is 24.6 Å². The maximum Gasteiger partial charge on any atom is 0.151 e. The van der Waals surface area contributed by atoms with Crippen LogP contribution < -0.4 is 0 Å². The summed E-state index contributed by atoms with van der Waals surface area (Å²) in [4.78, 5) is 14.4. The molecule has 1 aliphatic rings. The fourth-order valence-corrected chi connectivity index (χ4v) is 3.56. The third-order valence-corrected chi connectivity index (χ3v) is 4.71. The first-order valence-corrected chi connectivity index (χ1v) is 8.35. The molecular formula is C17H21FN6. The Labute approximate surface area is 139 Å². The zero-order chi connectivity index (χ0) is 16.7. The minimum absolute atomic E-state index is 0.276. The van der Waals surface area contributed by atoms with Crippen LogP contribution in [-0.4, -0.2) is 42.2 Å². The van der Waals surface area contributed by atoms with Gasteiger partial charge in [-0.1, -0.05) is 6.07 Å². The number of likely N-dealkylation sites (tertiary alicyclic amines) is 1. The molecule has 6 nitrogen and oxygen atoms in total. The van der Waals surface area contributed by atoms with Gasteiger partial charge >= 0.3 is 0 Å². The lowest BCUT2D eigenvalue weighted by Crippen LogP contribution is -2.33. The standard InChI is InChI=1S/C17H21FN6/c1-11-19-12(2)24(22-11)9-13-5-4-8-23(13)10-16-20-15-7-3-6-14(18)17(15)21-16/h3,6-7,13H,4-5,8-10H2,1-2H3,(H,20,21). The van der Waals surface area contributed by atoms with Gasteiger partial charge in [0.15, 0.2) is 5.82 Å². The molecule has 1 saturated heterocycles. The van der Waals surface area contributed by atoms with E-state index in [9.17, 15) is 4.39 Å². The van der Waals surface area contributed by atoms with E-state index < -0.39 is 0 Å². The highest BCUT2D eigenvalue weighted by Gasteiger charge is 2.26. The van der Waals surface area contributed by atoms with Gasteiger partial charge in [0.1, 0.15) is 23.0 Å². The summed E-state index contributed by atoms with van der Waals surface area (Å²) in [6, 6.07) is 5.41. The van der Waals surface area contributed by atoms with E-state index in [4.69, 9.17) is 0 Å². The highest BCUT2D eigenvalue weighted by atomic mass is 19.1. The number of H-pyrrole nitrogens is 1. The summed E-state index contributed by atoms with van der Waals surface area (Å²) in [5, 5.41) is 4.47. The van der Waals surface area contributed by atoms with Gasteiger partial charge in [0, 0.05) is 6.04 Å². The SMILES string of the molecule is Cc1nc(C)n(CC2CCCN2Cc2nc3c(F)cccc3[nH]2)n1. The minimum Gasteiger partial charge on any atom is -0.341 e. The quantitative estimate of drug-likeness (QED) is 0.799. The summed E-state index contributed by atoms with van der Waals surface area (Å²) < 4.78 is 15.8. The lowest BCUT2D eigenvalue weighted by Gasteiger charge is -2.23. The third kappa shape index (κ3) is 2.80. The lowest BCUT2D eigenvalue weighted by atomic mass is 10.2. The monoisotopic (exact) mass is 328 g/mol. The number of nitrogens with one attached hydrogen (secondary N) is 1. The highest BCUT2D eigenvalue weighted by Crippen LogP contribution is 2.22. The van der Waals surface area contributed by atoms with Gasteiger partial charge in [-0.3, -0.25) is 4.90 Å². The predicted molar refractivity (Wildman–Crippen MR) is 89.0 cm³/mol. The first-order valence-electron chi connectivity index (χ1n) is 8.35. The largest absolute Gasteiger partial charge is 0.341 e. The van der Waals surface area contributed by atoms with Crippen LogP contribution in [0.15, 0.2) is 18.2 Å². The zero-order valence-corrected chi connectivity index (χ0v) is 14.0. The molecule has 1 atom stereocenters. The molecule has 24 heavy (non-hydrogen) atoms. The van der Waals surface area contributed by atoms with Crippen LogP contribution in [-0.2, 0) is 13.1 Å². The fraction of sp³-hybridized carbons (Fsp3) is 0.471. The molecule has 3 heterocycles. The van der Waals surface area contributed by atoms with Gasteiger partial charge in [-0.15, -0.1) is 0 Å². The summed E-state index contributed by atoms with van der Waals surface area (Å²) >= 11 is 0. The lowest BCUT2D eigenvalue weighted by molar-refractivity contribution is 0.213. The van der Waals surface area contributed by atoms with Crippen molar-refractivity contribution < 1.29 is 4.39 Å². The Morgan fingerprint density at radius 3 is 2.92 bits per heavy atom. The first kappa shape index (κ1) is 15.3. The number of imidazole rings is 1. The zero-order valence-electron chi connectivity index (χ0n) is 14.0. The van der Waals surface area contributed by atoms with E-state index in [0.29, 0.717) is 18.1 Å². The maximum atomic E-state index is 13.8. The van der Waals surface area contributed by atoms with Gasteiger partial charge in [-0.25, -0.2) is 19.0 Å². The Kier molecular flexibility index (Phi) is 3.80. The Morgan fingerprint density at radius 2 is 2.17 bits per heavy atom. The molecule has 1 aliphatic heterocycles. The van der Waals surface area contributed by atoms with Crippen molar-refractivity contribution in [2.45, 2.75) is 45.8 Å². The van der Waals surface area contributed by atoms with Crippen molar-refractivity contribution in [1.82, 2.24) is 29.6 Å². The summed E-state index contributed by atoms with van der Waals surface area (Å²) in [6.07, 6.45) is 2.29. The van der Waals surface area contributed by atoms with Crippen molar-refractivity contribution in [2.24, 2.45) is 0 Å². The Hall–Kier alpha value is -2.28. The molecule has 0 radical (unpaired) electrons. The number of para-hydroxylation sites is 1. The number of nitrogens with zero attached hydrogens (tertiary/aromatic N) is 5. The Bertz CT molecular complexity index is 867. The van der Waals surface area contributed by atoms with Crippen LogP contribution >= 0.6 is 0 Å². The number of fused-ring (bicyclic) bond motifs is 1. The van der Waals surface area contributed by atoms with E-state index in [1.165, 1.54) is 6.07 Å². The van der Waals surface area contributed by atoms with E-state index in [2.05, 4.69) is 25.0 Å². The van der Waals surface area contributed by atoms with Crippen LogP contribution in [0.3, 0.4) is 0 Å². The Balaban J connectivity index is 1.52. The molecule has 1 aromatic carbocycles. The van der Waals surface area contributed by atoms with Crippen molar-refractivity contribution in [2.75, 3.05) is 6.54 Å². The van der Waals surface area contributed by atoms with Crippen molar-refractivity contribution in [3.05, 3.63) is 41.5 Å². The smallest absolute Gasteiger partial charge is 0.151 e. The summed E-state index contributed by atoms with van der Waals surface area (Å²) in [5.41, 5.74) is 1.18. The minimum atomic E-state index is -0.276.